The molecule has 0 radical (unpaired) electrons. The molecule has 0 saturated carbocycles. The number of aromatic nitrogens is 1. The van der Waals surface area contributed by atoms with Gasteiger partial charge < -0.3 is 10.5 Å². The van der Waals surface area contributed by atoms with Crippen molar-refractivity contribution in [3.8, 4) is 5.75 Å². The Balaban J connectivity index is 2.25. The molecule has 2 aromatic rings. The fourth-order valence-electron chi connectivity index (χ4n) is 1.81. The molecule has 0 unspecified atom stereocenters. The molecule has 0 bridgehead atoms. The Kier molecular flexibility index (Phi) is 5.72. The highest BCUT2D eigenvalue weighted by Crippen LogP contribution is 2.29. The molecule has 0 fully saturated rings. The van der Waals surface area contributed by atoms with E-state index in [9.17, 15) is 34.8 Å². The number of hydrazone groups is 1. The molecule has 152 valence electrons. The van der Waals surface area contributed by atoms with Crippen molar-refractivity contribution in [3.63, 3.8) is 0 Å². The van der Waals surface area contributed by atoms with Crippen molar-refractivity contribution >= 4 is 15.9 Å². The predicted octanol–water partition coefficient (Wildman–Crippen LogP) is 2.60. The summed E-state index contributed by atoms with van der Waals surface area (Å²) in [5, 5.41) is 3.25. The van der Waals surface area contributed by atoms with E-state index >= 15 is 0 Å². The maximum Gasteiger partial charge on any atom is 0.573 e. The van der Waals surface area contributed by atoms with E-state index in [2.05, 4.69) is 14.8 Å². The van der Waals surface area contributed by atoms with Gasteiger partial charge in [-0.3, -0.25) is 4.98 Å². The fraction of sp³-hybridized carbons (Fsp3) is 0.143. The van der Waals surface area contributed by atoms with Gasteiger partial charge in [-0.15, -0.1) is 18.3 Å². The van der Waals surface area contributed by atoms with Gasteiger partial charge in [0.05, 0.1) is 5.56 Å². The standard InChI is InChI=1S/C14H10F6N4O3S/c15-13(16,17)8-5-6-9(22-7-8)12(21)23-24-28(25,26)11-4-2-1-3-10(11)27-14(18,19)20/h1-7,24H,(H2,21,23). The number of sulfonamides is 1. The van der Waals surface area contributed by atoms with Gasteiger partial charge in [0.1, 0.15) is 16.3 Å². The molecule has 28 heavy (non-hydrogen) atoms. The SMILES string of the molecule is N/C(=N\NS(=O)(=O)c1ccccc1OC(F)(F)F)c1ccc(C(F)(F)F)cn1. The third-order valence-corrected chi connectivity index (χ3v) is 4.25. The number of alkyl halides is 6. The Labute approximate surface area is 153 Å². The van der Waals surface area contributed by atoms with E-state index in [0.717, 1.165) is 30.3 Å². The van der Waals surface area contributed by atoms with E-state index < -0.39 is 44.6 Å². The Bertz CT molecular complexity index is 972. The summed E-state index contributed by atoms with van der Waals surface area (Å²) in [6, 6.07) is 5.34. The second-order valence-electron chi connectivity index (χ2n) is 5.02. The van der Waals surface area contributed by atoms with Gasteiger partial charge in [-0.25, -0.2) is 0 Å². The monoisotopic (exact) mass is 428 g/mol. The summed E-state index contributed by atoms with van der Waals surface area (Å²) in [5.74, 6) is -1.63. The number of nitrogens with zero attached hydrogens (tertiary/aromatic N) is 2. The number of amidine groups is 1. The van der Waals surface area contributed by atoms with E-state index in [1.54, 1.807) is 4.83 Å². The summed E-state index contributed by atoms with van der Waals surface area (Å²) in [7, 11) is -4.65. The van der Waals surface area contributed by atoms with E-state index in [1.807, 2.05) is 0 Å². The predicted molar refractivity (Wildman–Crippen MR) is 83.4 cm³/mol. The number of hydrogen-bond acceptors (Lipinski definition) is 5. The molecule has 1 heterocycles. The summed E-state index contributed by atoms with van der Waals surface area (Å²) in [6.07, 6.45) is -9.32. The van der Waals surface area contributed by atoms with E-state index in [0.29, 0.717) is 12.3 Å². The van der Waals surface area contributed by atoms with Gasteiger partial charge in [0.2, 0.25) is 0 Å². The first-order valence-electron chi connectivity index (χ1n) is 7.03. The quantitative estimate of drug-likeness (QED) is 0.330. The van der Waals surface area contributed by atoms with Crippen LogP contribution >= 0.6 is 0 Å². The fourth-order valence-corrected chi connectivity index (χ4v) is 2.76. The Hall–Kier alpha value is -3.03. The van der Waals surface area contributed by atoms with Crippen LogP contribution in [0.2, 0.25) is 0 Å². The normalized spacial score (nSPS) is 13.3. The highest BCUT2D eigenvalue weighted by Gasteiger charge is 2.34. The zero-order chi connectivity index (χ0) is 21.2. The molecule has 0 aliphatic carbocycles. The zero-order valence-electron chi connectivity index (χ0n) is 13.4. The van der Waals surface area contributed by atoms with Gasteiger partial charge in [-0.1, -0.05) is 12.1 Å². The van der Waals surface area contributed by atoms with E-state index in [1.165, 1.54) is 0 Å². The van der Waals surface area contributed by atoms with Crippen molar-refractivity contribution in [3.05, 3.63) is 53.9 Å². The number of rotatable bonds is 5. The average molecular weight is 428 g/mol. The first-order chi connectivity index (χ1) is 12.8. The molecule has 1 aromatic carbocycles. The van der Waals surface area contributed by atoms with Crippen molar-refractivity contribution < 1.29 is 39.5 Å². The Morgan fingerprint density at radius 1 is 1.07 bits per heavy atom. The Morgan fingerprint density at radius 2 is 1.71 bits per heavy atom. The van der Waals surface area contributed by atoms with Crippen LogP contribution in [0.1, 0.15) is 11.3 Å². The minimum Gasteiger partial charge on any atom is -0.404 e. The molecule has 1 aromatic heterocycles. The number of halogens is 6. The molecular weight excluding hydrogens is 418 g/mol. The minimum absolute atomic E-state index is 0.296. The average Bonchev–Trinajstić information content (AvgIpc) is 2.58. The van der Waals surface area contributed by atoms with Crippen LogP contribution in [0.15, 0.2) is 52.6 Å². The molecule has 0 amide bonds. The molecule has 0 atom stereocenters. The lowest BCUT2D eigenvalue weighted by Gasteiger charge is -2.13. The van der Waals surface area contributed by atoms with Gasteiger partial charge in [0.15, 0.2) is 5.84 Å². The molecule has 14 heteroatoms. The molecule has 0 aliphatic rings. The van der Waals surface area contributed by atoms with Crippen LogP contribution in [0.4, 0.5) is 26.3 Å². The molecule has 2 rings (SSSR count). The maximum absolute atomic E-state index is 12.5. The van der Waals surface area contributed by atoms with Crippen LogP contribution in [0, 0.1) is 0 Å². The summed E-state index contributed by atoms with van der Waals surface area (Å²) < 4.78 is 103. The number of ether oxygens (including phenoxy) is 1. The summed E-state index contributed by atoms with van der Waals surface area (Å²) in [5.41, 5.74) is 4.08. The number of pyridine rings is 1. The van der Waals surface area contributed by atoms with Gasteiger partial charge in [-0.05, 0) is 24.3 Å². The van der Waals surface area contributed by atoms with Crippen LogP contribution in [0.3, 0.4) is 0 Å². The number of benzene rings is 1. The lowest BCUT2D eigenvalue weighted by Crippen LogP contribution is -2.26. The molecule has 0 saturated heterocycles. The van der Waals surface area contributed by atoms with Gasteiger partial charge in [0.25, 0.3) is 10.0 Å². The van der Waals surface area contributed by atoms with Gasteiger partial charge >= 0.3 is 12.5 Å². The highest BCUT2D eigenvalue weighted by molar-refractivity contribution is 7.89. The van der Waals surface area contributed by atoms with Crippen LogP contribution in [-0.2, 0) is 16.2 Å². The third-order valence-electron chi connectivity index (χ3n) is 3.00. The lowest BCUT2D eigenvalue weighted by molar-refractivity contribution is -0.275. The minimum atomic E-state index is -5.14. The van der Waals surface area contributed by atoms with Crippen LogP contribution < -0.4 is 15.3 Å². The van der Waals surface area contributed by atoms with Crippen LogP contribution in [0.5, 0.6) is 5.75 Å². The first-order valence-corrected chi connectivity index (χ1v) is 8.51. The second-order valence-corrected chi connectivity index (χ2v) is 6.65. The second kappa shape index (κ2) is 7.53. The van der Waals surface area contributed by atoms with Gasteiger partial charge in [0, 0.05) is 6.20 Å². The van der Waals surface area contributed by atoms with Crippen LogP contribution in [0.25, 0.3) is 0 Å². The van der Waals surface area contributed by atoms with Crippen molar-refractivity contribution in [1.29, 1.82) is 0 Å². The molecular formula is C14H10F6N4O3S. The number of hydrogen-bond donors (Lipinski definition) is 2. The number of para-hydroxylation sites is 1. The topological polar surface area (TPSA) is 107 Å². The molecule has 0 spiro atoms. The lowest BCUT2D eigenvalue weighted by atomic mass is 10.2. The largest absolute Gasteiger partial charge is 0.573 e. The van der Waals surface area contributed by atoms with Crippen LogP contribution in [-0.4, -0.2) is 25.6 Å². The summed E-state index contributed by atoms with van der Waals surface area (Å²) in [4.78, 5) is 4.09. The zero-order valence-corrected chi connectivity index (χ0v) is 14.2. The summed E-state index contributed by atoms with van der Waals surface area (Å²) >= 11 is 0. The van der Waals surface area contributed by atoms with Crippen molar-refractivity contribution in [1.82, 2.24) is 9.82 Å². The molecule has 3 N–H and O–H groups in total. The smallest absolute Gasteiger partial charge is 0.404 e. The highest BCUT2D eigenvalue weighted by atomic mass is 32.2. The molecule has 0 aliphatic heterocycles. The van der Waals surface area contributed by atoms with Gasteiger partial charge in [-0.2, -0.15) is 26.4 Å². The van der Waals surface area contributed by atoms with E-state index in [4.69, 9.17) is 5.73 Å². The van der Waals surface area contributed by atoms with E-state index in [-0.39, 0.29) is 5.69 Å². The van der Waals surface area contributed by atoms with Crippen molar-refractivity contribution in [2.24, 2.45) is 10.8 Å². The van der Waals surface area contributed by atoms with Crippen molar-refractivity contribution in [2.75, 3.05) is 0 Å². The first kappa shape index (κ1) is 21.3. The number of nitrogens with two attached hydrogens (primary N) is 1. The molecule has 7 nitrogen and oxygen atoms in total. The maximum atomic E-state index is 12.5. The number of nitrogens with one attached hydrogen (secondary N) is 1. The summed E-state index contributed by atoms with van der Waals surface area (Å²) in [6.45, 7) is 0. The Morgan fingerprint density at radius 3 is 2.25 bits per heavy atom. The third kappa shape index (κ3) is 5.48. The van der Waals surface area contributed by atoms with Crippen molar-refractivity contribution in [2.45, 2.75) is 17.4 Å².